The second-order valence-corrected chi connectivity index (χ2v) is 8.82. The van der Waals surface area contributed by atoms with E-state index in [1.54, 1.807) is 0 Å². The van der Waals surface area contributed by atoms with Gasteiger partial charge in [0.05, 0.1) is 25.2 Å². The van der Waals surface area contributed by atoms with Crippen LogP contribution in [0.1, 0.15) is 40.8 Å². The van der Waals surface area contributed by atoms with Crippen molar-refractivity contribution in [2.24, 2.45) is 0 Å². The van der Waals surface area contributed by atoms with Crippen LogP contribution in [0.4, 0.5) is 0 Å². The summed E-state index contributed by atoms with van der Waals surface area (Å²) < 4.78 is 5.41. The summed E-state index contributed by atoms with van der Waals surface area (Å²) in [5.74, 6) is 5.69. The third-order valence-electron chi connectivity index (χ3n) is 6.14. The van der Waals surface area contributed by atoms with Gasteiger partial charge in [0.15, 0.2) is 0 Å². The van der Waals surface area contributed by atoms with Crippen molar-refractivity contribution >= 4 is 5.91 Å². The molecule has 3 N–H and O–H groups in total. The zero-order valence-electron chi connectivity index (χ0n) is 20.3. The van der Waals surface area contributed by atoms with Crippen molar-refractivity contribution < 1.29 is 14.6 Å². The van der Waals surface area contributed by atoms with Crippen molar-refractivity contribution in [2.75, 3.05) is 32.8 Å². The number of hydrogen-bond donors (Lipinski definition) is 3. The lowest BCUT2D eigenvalue weighted by molar-refractivity contribution is -0.119. The lowest BCUT2D eigenvalue weighted by Gasteiger charge is -2.26. The van der Waals surface area contributed by atoms with Gasteiger partial charge in [0, 0.05) is 56.6 Å². The average molecular weight is 487 g/mol. The second-order valence-electron chi connectivity index (χ2n) is 8.82. The zero-order valence-corrected chi connectivity index (χ0v) is 20.3. The summed E-state index contributed by atoms with van der Waals surface area (Å²) in [4.78, 5) is 32.1. The molecule has 0 bridgehead atoms. The largest absolute Gasteiger partial charge is 0.502 e. The number of H-pyrrole nitrogens is 1. The van der Waals surface area contributed by atoms with Crippen molar-refractivity contribution in [1.29, 1.82) is 0 Å². The Morgan fingerprint density at radius 1 is 1.11 bits per heavy atom. The van der Waals surface area contributed by atoms with Crippen LogP contribution in [-0.2, 0) is 22.5 Å². The van der Waals surface area contributed by atoms with Crippen LogP contribution in [0.25, 0.3) is 0 Å². The maximum absolute atomic E-state index is 11.7. The van der Waals surface area contributed by atoms with Crippen molar-refractivity contribution in [1.82, 2.24) is 20.2 Å². The quantitative estimate of drug-likeness (QED) is 0.442. The number of hydrogen-bond acceptors (Lipinski definition) is 6. The number of amides is 1. The fourth-order valence-electron chi connectivity index (χ4n) is 4.08. The third-order valence-corrected chi connectivity index (χ3v) is 6.14. The molecule has 1 atom stereocenters. The van der Waals surface area contributed by atoms with E-state index in [4.69, 9.17) is 4.74 Å². The Kier molecular flexibility index (Phi) is 8.50. The molecular weight excluding hydrogens is 456 g/mol. The topological polar surface area (TPSA) is 108 Å². The Bertz CT molecular complexity index is 1280. The summed E-state index contributed by atoms with van der Waals surface area (Å²) in [6.45, 7) is 6.24. The summed E-state index contributed by atoms with van der Waals surface area (Å²) in [7, 11) is 0. The van der Waals surface area contributed by atoms with Crippen LogP contribution in [0.3, 0.4) is 0 Å². The van der Waals surface area contributed by atoms with E-state index in [2.05, 4.69) is 44.2 Å². The highest BCUT2D eigenvalue weighted by Crippen LogP contribution is 2.23. The Balaban J connectivity index is 1.43. The van der Waals surface area contributed by atoms with Crippen LogP contribution in [0, 0.1) is 11.8 Å². The number of carbonyl (C=O) groups excluding carboxylic acids is 1. The molecule has 0 saturated carbocycles. The molecule has 1 aromatic heterocycles. The summed E-state index contributed by atoms with van der Waals surface area (Å²) in [6.07, 6.45) is 1.57. The van der Waals surface area contributed by atoms with Crippen LogP contribution in [0.2, 0.25) is 0 Å². The smallest absolute Gasteiger partial charge is 0.293 e. The summed E-state index contributed by atoms with van der Waals surface area (Å²) in [5.41, 5.74) is 3.73. The number of aromatic hydroxyl groups is 1. The highest BCUT2D eigenvalue weighted by Gasteiger charge is 2.17. The summed E-state index contributed by atoms with van der Waals surface area (Å²) in [6, 6.07) is 16.1. The Morgan fingerprint density at radius 3 is 2.39 bits per heavy atom. The van der Waals surface area contributed by atoms with Crippen LogP contribution in [-0.4, -0.2) is 58.7 Å². The highest BCUT2D eigenvalue weighted by atomic mass is 16.5. The Morgan fingerprint density at radius 2 is 1.75 bits per heavy atom. The first kappa shape index (κ1) is 25.2. The molecule has 8 nitrogen and oxygen atoms in total. The van der Waals surface area contributed by atoms with Gasteiger partial charge in [-0.15, -0.1) is 0 Å². The number of morpholine rings is 1. The van der Waals surface area contributed by atoms with E-state index in [1.165, 1.54) is 18.8 Å². The maximum atomic E-state index is 11.7. The summed E-state index contributed by atoms with van der Waals surface area (Å²) >= 11 is 0. The van der Waals surface area contributed by atoms with E-state index < -0.39 is 11.3 Å². The van der Waals surface area contributed by atoms with Gasteiger partial charge < -0.3 is 20.1 Å². The van der Waals surface area contributed by atoms with E-state index in [-0.39, 0.29) is 17.5 Å². The van der Waals surface area contributed by atoms with E-state index in [0.29, 0.717) is 13.0 Å². The number of nitrogens with one attached hydrogen (secondary N) is 2. The molecule has 1 fully saturated rings. The van der Waals surface area contributed by atoms with Gasteiger partial charge in [0.2, 0.25) is 11.7 Å². The zero-order chi connectivity index (χ0) is 25.3. The standard InChI is InChI=1S/C28H30N4O4/c1-20(33)29-17-25(16-26-27(34)28(35)31-19-30-26)24-10-8-22(9-11-24)3-2-21-4-6-23(7-5-21)18-32-12-14-36-15-13-32/h4-11,19,25,34H,12-18H2,1H3,(H,29,33)(H,30,31,35)/t25-/m1/s1. The van der Waals surface area contributed by atoms with Crippen LogP contribution < -0.4 is 10.9 Å². The molecule has 0 aliphatic carbocycles. The molecule has 1 amide bonds. The number of rotatable bonds is 7. The molecule has 1 saturated heterocycles. The van der Waals surface area contributed by atoms with E-state index in [0.717, 1.165) is 49.5 Å². The number of benzene rings is 2. The highest BCUT2D eigenvalue weighted by molar-refractivity contribution is 5.72. The lowest BCUT2D eigenvalue weighted by atomic mass is 9.93. The van der Waals surface area contributed by atoms with E-state index in [1.807, 2.05) is 36.4 Å². The van der Waals surface area contributed by atoms with Crippen molar-refractivity contribution in [3.05, 3.63) is 93.2 Å². The fourth-order valence-corrected chi connectivity index (χ4v) is 4.08. The first-order chi connectivity index (χ1) is 17.5. The number of nitrogens with zero attached hydrogens (tertiary/aromatic N) is 2. The molecule has 2 aromatic carbocycles. The molecule has 8 heteroatoms. The monoisotopic (exact) mass is 486 g/mol. The molecule has 3 aromatic rings. The number of ether oxygens (including phenoxy) is 1. The first-order valence-corrected chi connectivity index (χ1v) is 12.0. The predicted molar refractivity (Wildman–Crippen MR) is 137 cm³/mol. The van der Waals surface area contributed by atoms with Gasteiger partial charge in [-0.2, -0.15) is 0 Å². The second kappa shape index (κ2) is 12.2. The summed E-state index contributed by atoms with van der Waals surface area (Å²) in [5, 5.41) is 12.9. The lowest BCUT2D eigenvalue weighted by Crippen LogP contribution is -2.35. The molecule has 1 aliphatic rings. The molecule has 0 spiro atoms. The molecule has 1 aliphatic heterocycles. The van der Waals surface area contributed by atoms with E-state index in [9.17, 15) is 14.7 Å². The minimum Gasteiger partial charge on any atom is -0.502 e. The minimum atomic E-state index is -0.585. The number of aromatic nitrogens is 2. The Labute approximate surface area is 210 Å². The van der Waals surface area contributed by atoms with Crippen molar-refractivity contribution in [2.45, 2.75) is 25.8 Å². The van der Waals surface area contributed by atoms with Gasteiger partial charge in [-0.25, -0.2) is 4.98 Å². The van der Waals surface area contributed by atoms with Crippen LogP contribution in [0.15, 0.2) is 59.7 Å². The van der Waals surface area contributed by atoms with Gasteiger partial charge >= 0.3 is 0 Å². The Hall–Kier alpha value is -3.93. The van der Waals surface area contributed by atoms with Crippen LogP contribution >= 0.6 is 0 Å². The minimum absolute atomic E-state index is 0.151. The van der Waals surface area contributed by atoms with Gasteiger partial charge in [-0.05, 0) is 35.4 Å². The number of aromatic amines is 1. The van der Waals surface area contributed by atoms with Crippen molar-refractivity contribution in [3.63, 3.8) is 0 Å². The third kappa shape index (κ3) is 7.04. The van der Waals surface area contributed by atoms with Gasteiger partial charge in [0.1, 0.15) is 0 Å². The molecule has 36 heavy (non-hydrogen) atoms. The van der Waals surface area contributed by atoms with Gasteiger partial charge in [-0.3, -0.25) is 14.5 Å². The SMILES string of the molecule is CC(=O)NC[C@@H](Cc1nc[nH]c(=O)c1O)c1ccc(C#Cc2ccc(CN3CCOCC3)cc2)cc1. The van der Waals surface area contributed by atoms with Gasteiger partial charge in [0.25, 0.3) is 5.56 Å². The first-order valence-electron chi connectivity index (χ1n) is 12.0. The van der Waals surface area contributed by atoms with Gasteiger partial charge in [-0.1, -0.05) is 36.1 Å². The average Bonchev–Trinajstić information content (AvgIpc) is 2.89. The normalized spacial score (nSPS) is 14.5. The molecule has 4 rings (SSSR count). The number of carbonyl (C=O) groups is 1. The fraction of sp³-hybridized carbons (Fsp3) is 0.321. The molecule has 2 heterocycles. The maximum Gasteiger partial charge on any atom is 0.293 e. The molecule has 0 unspecified atom stereocenters. The van der Waals surface area contributed by atoms with E-state index >= 15 is 0 Å². The molecule has 0 radical (unpaired) electrons. The molecule has 186 valence electrons. The molecular formula is C28H30N4O4. The van der Waals surface area contributed by atoms with Crippen molar-refractivity contribution in [3.8, 4) is 17.6 Å². The van der Waals surface area contributed by atoms with Crippen LogP contribution in [0.5, 0.6) is 5.75 Å². The predicted octanol–water partition coefficient (Wildman–Crippen LogP) is 2.17.